The fourth-order valence-corrected chi connectivity index (χ4v) is 4.42. The van der Waals surface area contributed by atoms with Crippen LogP contribution < -0.4 is 0 Å². The van der Waals surface area contributed by atoms with Gasteiger partial charge in [-0.1, -0.05) is 108 Å². The highest BCUT2D eigenvalue weighted by Crippen LogP contribution is 2.36. The van der Waals surface area contributed by atoms with E-state index in [0.717, 1.165) is 5.56 Å². The summed E-state index contributed by atoms with van der Waals surface area (Å²) in [6, 6.07) is 17.3. The minimum absolute atomic E-state index is 0.0186. The molecule has 0 saturated carbocycles. The van der Waals surface area contributed by atoms with Crippen molar-refractivity contribution >= 4 is 58.8 Å². The summed E-state index contributed by atoms with van der Waals surface area (Å²) in [5.74, 6) is -2.32. The van der Waals surface area contributed by atoms with E-state index >= 15 is 0 Å². The third-order valence-electron chi connectivity index (χ3n) is 6.27. The van der Waals surface area contributed by atoms with Gasteiger partial charge >= 0.3 is 18.1 Å². The van der Waals surface area contributed by atoms with Gasteiger partial charge in [-0.15, -0.1) is 0 Å². The molecule has 1 aliphatic heterocycles. The molecule has 1 aliphatic rings. The Hall–Kier alpha value is -3.39. The summed E-state index contributed by atoms with van der Waals surface area (Å²) in [6.45, 7) is 5.71. The van der Waals surface area contributed by atoms with Crippen LogP contribution in [0.15, 0.2) is 73.3 Å². The maximum atomic E-state index is 13.2. The largest absolute Gasteiger partial charge is 0.509 e. The number of nitrogens with one attached hydrogen (secondary N) is 1. The highest BCUT2D eigenvalue weighted by Gasteiger charge is 2.54. The van der Waals surface area contributed by atoms with Crippen LogP contribution in [0, 0.1) is 5.41 Å². The van der Waals surface area contributed by atoms with Crippen molar-refractivity contribution in [3.8, 4) is 0 Å². The molecule has 2 aromatic carbocycles. The molecule has 2 aromatic rings. The molecule has 0 amide bonds. The van der Waals surface area contributed by atoms with Crippen LogP contribution in [0.1, 0.15) is 31.1 Å². The standard InChI is InChI=1S/C31H34Cl3NO11/c1-4-16-40-30(38)45-25-24(42-17-20-12-8-6-9-13-20)22(18-41-19(3)36)43-28(46-29(35)31(32,33)34)26(25)44-23(27(37)39-5-2)21-14-10-7-11-15-21/h4,6-15,22-26,28,35H,1,5,16-18H2,2-3H3/t22-,23-,24-,25+,26-,28?/m1/s1. The SMILES string of the molecule is C=CCOC(=O)O[C@H]1[C@H](OCc2ccccc2)[C@@H](COC(C)=O)OC(OC(=N)C(Cl)(Cl)Cl)[C@@H]1O[C@@H](C(=O)OCC)c1ccccc1. The number of hydrogen-bond acceptors (Lipinski definition) is 12. The second-order valence-electron chi connectivity index (χ2n) is 9.63. The normalized spacial score (nSPS) is 21.7. The number of carbonyl (C=O) groups is 3. The predicted molar refractivity (Wildman–Crippen MR) is 167 cm³/mol. The summed E-state index contributed by atoms with van der Waals surface area (Å²) >= 11 is 17.7. The van der Waals surface area contributed by atoms with E-state index in [4.69, 9.17) is 78.1 Å². The highest BCUT2D eigenvalue weighted by atomic mass is 35.6. The zero-order chi connectivity index (χ0) is 33.7. The van der Waals surface area contributed by atoms with Crippen molar-refractivity contribution in [2.75, 3.05) is 19.8 Å². The van der Waals surface area contributed by atoms with E-state index in [-0.39, 0.29) is 19.8 Å². The lowest BCUT2D eigenvalue weighted by molar-refractivity contribution is -0.308. The summed E-state index contributed by atoms with van der Waals surface area (Å²) in [7, 11) is 0. The van der Waals surface area contributed by atoms with Crippen molar-refractivity contribution in [3.05, 3.63) is 84.4 Å². The van der Waals surface area contributed by atoms with Crippen LogP contribution in [0.5, 0.6) is 0 Å². The summed E-state index contributed by atoms with van der Waals surface area (Å²) in [5.41, 5.74) is 1.11. The van der Waals surface area contributed by atoms with Gasteiger partial charge < -0.3 is 37.9 Å². The maximum absolute atomic E-state index is 13.2. The topological polar surface area (TPSA) is 149 Å². The molecule has 1 unspecified atom stereocenters. The average Bonchev–Trinajstić information content (AvgIpc) is 3.02. The Morgan fingerprint density at radius 1 is 0.957 bits per heavy atom. The first-order valence-corrected chi connectivity index (χ1v) is 15.2. The van der Waals surface area contributed by atoms with Gasteiger partial charge in [-0.2, -0.15) is 0 Å². The molecule has 1 saturated heterocycles. The third-order valence-corrected chi connectivity index (χ3v) is 6.78. The van der Waals surface area contributed by atoms with E-state index in [0.29, 0.717) is 5.56 Å². The zero-order valence-corrected chi connectivity index (χ0v) is 27.2. The van der Waals surface area contributed by atoms with Crippen LogP contribution in [-0.2, 0) is 54.1 Å². The smallest absolute Gasteiger partial charge is 0.464 e. The van der Waals surface area contributed by atoms with Crippen LogP contribution in [0.3, 0.4) is 0 Å². The Labute approximate surface area is 281 Å². The molecule has 6 atom stereocenters. The van der Waals surface area contributed by atoms with Gasteiger partial charge in [0, 0.05) is 6.92 Å². The molecule has 1 heterocycles. The van der Waals surface area contributed by atoms with E-state index in [9.17, 15) is 14.4 Å². The Kier molecular flexibility index (Phi) is 14.6. The lowest BCUT2D eigenvalue weighted by Gasteiger charge is -2.45. The van der Waals surface area contributed by atoms with E-state index in [1.54, 1.807) is 61.5 Å². The molecule has 46 heavy (non-hydrogen) atoms. The maximum Gasteiger partial charge on any atom is 0.509 e. The zero-order valence-electron chi connectivity index (χ0n) is 25.0. The van der Waals surface area contributed by atoms with Gasteiger partial charge in [-0.05, 0) is 18.1 Å². The Morgan fingerprint density at radius 3 is 2.20 bits per heavy atom. The minimum atomic E-state index is -2.35. The predicted octanol–water partition coefficient (Wildman–Crippen LogP) is 5.62. The van der Waals surface area contributed by atoms with Gasteiger partial charge in [0.2, 0.25) is 12.2 Å². The summed E-state index contributed by atoms with van der Waals surface area (Å²) in [4.78, 5) is 38.0. The third kappa shape index (κ3) is 11.1. The van der Waals surface area contributed by atoms with Crippen LogP contribution in [0.2, 0.25) is 0 Å². The minimum Gasteiger partial charge on any atom is -0.464 e. The molecular weight excluding hydrogens is 669 g/mol. The molecule has 0 bridgehead atoms. The van der Waals surface area contributed by atoms with Gasteiger partial charge in [-0.25, -0.2) is 9.59 Å². The van der Waals surface area contributed by atoms with Crippen LogP contribution in [-0.4, -0.2) is 78.3 Å². The molecule has 12 nitrogen and oxygen atoms in total. The van der Waals surface area contributed by atoms with E-state index in [1.165, 1.54) is 13.0 Å². The Bertz CT molecular complexity index is 1310. The van der Waals surface area contributed by atoms with Crippen molar-refractivity contribution in [1.82, 2.24) is 0 Å². The fourth-order valence-electron chi connectivity index (χ4n) is 4.28. The summed E-state index contributed by atoms with van der Waals surface area (Å²) in [5, 5.41) is 8.24. The molecule has 0 aromatic heterocycles. The van der Waals surface area contributed by atoms with Gasteiger partial charge in [0.15, 0.2) is 18.3 Å². The summed E-state index contributed by atoms with van der Waals surface area (Å²) in [6.07, 6.45) is -8.44. The number of benzene rings is 2. The number of alkyl halides is 3. The van der Waals surface area contributed by atoms with Gasteiger partial charge in [0.25, 0.3) is 3.79 Å². The van der Waals surface area contributed by atoms with Crippen molar-refractivity contribution in [1.29, 1.82) is 5.41 Å². The molecule has 0 radical (unpaired) electrons. The highest BCUT2D eigenvalue weighted by molar-refractivity contribution is 6.76. The molecule has 0 aliphatic carbocycles. The van der Waals surface area contributed by atoms with Crippen molar-refractivity contribution in [2.24, 2.45) is 0 Å². The molecule has 1 fully saturated rings. The lowest BCUT2D eigenvalue weighted by Crippen LogP contribution is -2.63. The molecular formula is C31H34Cl3NO11. The van der Waals surface area contributed by atoms with E-state index < -0.39 is 71.2 Å². The number of rotatable bonds is 14. The van der Waals surface area contributed by atoms with Crippen molar-refractivity contribution < 1.29 is 52.3 Å². The fraction of sp³-hybridized carbons (Fsp3) is 0.419. The van der Waals surface area contributed by atoms with E-state index in [2.05, 4.69) is 6.58 Å². The first kappa shape index (κ1) is 37.1. The number of halogens is 3. The van der Waals surface area contributed by atoms with Crippen molar-refractivity contribution in [3.63, 3.8) is 0 Å². The lowest BCUT2D eigenvalue weighted by atomic mass is 9.97. The average molecular weight is 703 g/mol. The molecule has 1 N–H and O–H groups in total. The van der Waals surface area contributed by atoms with Gasteiger partial charge in [0.05, 0.1) is 13.2 Å². The molecule has 3 rings (SSSR count). The van der Waals surface area contributed by atoms with Gasteiger partial charge in [-0.3, -0.25) is 10.2 Å². The Balaban J connectivity index is 2.14. The second-order valence-corrected chi connectivity index (χ2v) is 11.9. The Morgan fingerprint density at radius 2 is 1.61 bits per heavy atom. The number of hydrogen-bond donors (Lipinski definition) is 1. The van der Waals surface area contributed by atoms with Crippen molar-refractivity contribution in [2.45, 2.75) is 61.1 Å². The molecule has 0 spiro atoms. The molecule has 250 valence electrons. The first-order valence-electron chi connectivity index (χ1n) is 14.0. The monoisotopic (exact) mass is 701 g/mol. The van der Waals surface area contributed by atoms with Crippen LogP contribution >= 0.6 is 34.8 Å². The number of carbonyl (C=O) groups excluding carboxylic acids is 3. The number of ether oxygens (including phenoxy) is 8. The molecule has 15 heteroatoms. The van der Waals surface area contributed by atoms with E-state index in [1.807, 2.05) is 6.07 Å². The number of esters is 2. The quantitative estimate of drug-likeness (QED) is 0.0653. The second kappa shape index (κ2) is 18.1. The van der Waals surface area contributed by atoms with Crippen LogP contribution in [0.4, 0.5) is 4.79 Å². The van der Waals surface area contributed by atoms with Gasteiger partial charge in [0.1, 0.15) is 25.4 Å². The van der Waals surface area contributed by atoms with Crippen LogP contribution in [0.25, 0.3) is 0 Å². The summed E-state index contributed by atoms with van der Waals surface area (Å²) < 4.78 is 43.2. The first-order chi connectivity index (χ1) is 21.9.